The minimum absolute atomic E-state index is 0.150. The van der Waals surface area contributed by atoms with Crippen molar-refractivity contribution < 1.29 is 20.1 Å². The van der Waals surface area contributed by atoms with Crippen LogP contribution in [0.4, 0.5) is 0 Å². The van der Waals surface area contributed by atoms with E-state index in [0.717, 1.165) is 38.5 Å². The molecule has 3 atom stereocenters. The minimum atomic E-state index is -1.15. The molecule has 1 amide bonds. The molecular weight excluding hydrogens is 679 g/mol. The molecule has 55 heavy (non-hydrogen) atoms. The van der Waals surface area contributed by atoms with Crippen molar-refractivity contribution in [2.75, 3.05) is 6.61 Å². The van der Waals surface area contributed by atoms with E-state index in [1.54, 1.807) is 0 Å². The number of allylic oxidation sites excluding steroid dienone is 2. The van der Waals surface area contributed by atoms with Crippen molar-refractivity contribution in [3.63, 3.8) is 0 Å². The third-order valence-electron chi connectivity index (χ3n) is 11.9. The first kappa shape index (κ1) is 54.1. The number of hydrogen-bond donors (Lipinski definition) is 4. The molecular formula is C50H99NO4. The lowest BCUT2D eigenvalue weighted by Gasteiger charge is -2.26. The predicted octanol–water partition coefficient (Wildman–Crippen LogP) is 14.8. The Morgan fingerprint density at radius 2 is 0.727 bits per heavy atom. The third kappa shape index (κ3) is 41.1. The van der Waals surface area contributed by atoms with Gasteiger partial charge in [-0.05, 0) is 38.5 Å². The van der Waals surface area contributed by atoms with E-state index in [0.29, 0.717) is 12.8 Å². The molecule has 328 valence electrons. The highest BCUT2D eigenvalue weighted by Gasteiger charge is 2.26. The van der Waals surface area contributed by atoms with Crippen LogP contribution >= 0.6 is 0 Å². The van der Waals surface area contributed by atoms with Gasteiger partial charge in [-0.15, -0.1) is 0 Å². The maximum absolute atomic E-state index is 12.4. The quantitative estimate of drug-likeness (QED) is 0.0366. The number of aliphatic hydroxyl groups is 3. The van der Waals surface area contributed by atoms with Crippen molar-refractivity contribution in [1.82, 2.24) is 5.32 Å². The van der Waals surface area contributed by atoms with Crippen molar-refractivity contribution in [3.05, 3.63) is 12.2 Å². The van der Waals surface area contributed by atoms with Gasteiger partial charge in [0.05, 0.1) is 18.8 Å². The number of nitrogens with one attached hydrogen (secondary N) is 1. The molecule has 0 aliphatic rings. The minimum Gasteiger partial charge on any atom is -0.394 e. The average Bonchev–Trinajstić information content (AvgIpc) is 3.19. The lowest BCUT2D eigenvalue weighted by atomic mass is 10.0. The fourth-order valence-corrected chi connectivity index (χ4v) is 7.99. The first-order valence-corrected chi connectivity index (χ1v) is 25.0. The molecule has 0 aliphatic heterocycles. The molecule has 3 unspecified atom stereocenters. The van der Waals surface area contributed by atoms with Gasteiger partial charge in [-0.2, -0.15) is 0 Å². The van der Waals surface area contributed by atoms with Crippen molar-refractivity contribution in [2.24, 2.45) is 0 Å². The summed E-state index contributed by atoms with van der Waals surface area (Å²) in [5, 5.41) is 33.4. The summed E-state index contributed by atoms with van der Waals surface area (Å²) in [6, 6.07) is -0.820. The van der Waals surface area contributed by atoms with E-state index in [2.05, 4.69) is 31.3 Å². The zero-order valence-electron chi connectivity index (χ0n) is 37.3. The van der Waals surface area contributed by atoms with Crippen LogP contribution in [0.1, 0.15) is 277 Å². The number of amides is 1. The predicted molar refractivity (Wildman–Crippen MR) is 241 cm³/mol. The van der Waals surface area contributed by atoms with Crippen LogP contribution in [0.2, 0.25) is 0 Å². The van der Waals surface area contributed by atoms with Gasteiger partial charge in [0.2, 0.25) is 5.91 Å². The summed E-state index contributed by atoms with van der Waals surface area (Å²) < 4.78 is 0. The molecule has 0 saturated carbocycles. The second-order valence-corrected chi connectivity index (χ2v) is 17.4. The second-order valence-electron chi connectivity index (χ2n) is 17.4. The zero-order chi connectivity index (χ0) is 40.1. The number of carbonyl (C=O) groups excluding carboxylic acids is 1. The number of carbonyl (C=O) groups is 1. The second kappa shape index (κ2) is 45.8. The molecule has 5 nitrogen and oxygen atoms in total. The van der Waals surface area contributed by atoms with Gasteiger partial charge in [-0.1, -0.05) is 244 Å². The van der Waals surface area contributed by atoms with Crippen LogP contribution in [0.25, 0.3) is 0 Å². The van der Waals surface area contributed by atoms with Gasteiger partial charge in [-0.3, -0.25) is 4.79 Å². The molecule has 0 rings (SSSR count). The van der Waals surface area contributed by atoms with Crippen LogP contribution in [0, 0.1) is 0 Å². The molecule has 0 aromatic carbocycles. The van der Waals surface area contributed by atoms with Crippen LogP contribution in [-0.2, 0) is 4.79 Å². The topological polar surface area (TPSA) is 89.8 Å². The fourth-order valence-electron chi connectivity index (χ4n) is 7.99. The summed E-state index contributed by atoms with van der Waals surface area (Å²) in [6.45, 7) is 4.16. The van der Waals surface area contributed by atoms with Crippen LogP contribution in [-0.4, -0.2) is 46.1 Å². The molecule has 0 aromatic heterocycles. The molecule has 5 heteroatoms. The first-order valence-electron chi connectivity index (χ1n) is 25.0. The van der Waals surface area contributed by atoms with Gasteiger partial charge >= 0.3 is 0 Å². The van der Waals surface area contributed by atoms with Crippen LogP contribution < -0.4 is 5.32 Å². The Bertz CT molecular complexity index is 773. The van der Waals surface area contributed by atoms with Crippen LogP contribution in [0.3, 0.4) is 0 Å². The molecule has 0 bridgehead atoms. The molecule has 0 radical (unpaired) electrons. The molecule has 4 N–H and O–H groups in total. The van der Waals surface area contributed by atoms with Crippen molar-refractivity contribution in [3.8, 4) is 0 Å². The number of rotatable bonds is 46. The van der Waals surface area contributed by atoms with Crippen molar-refractivity contribution in [1.29, 1.82) is 0 Å². The summed E-state index contributed by atoms with van der Waals surface area (Å²) in [6.07, 6.45) is 55.2. The lowest BCUT2D eigenvalue weighted by Crippen LogP contribution is -2.50. The maximum Gasteiger partial charge on any atom is 0.220 e. The van der Waals surface area contributed by atoms with E-state index in [9.17, 15) is 20.1 Å². The van der Waals surface area contributed by atoms with Crippen molar-refractivity contribution in [2.45, 2.75) is 295 Å². The van der Waals surface area contributed by atoms with Gasteiger partial charge in [0, 0.05) is 6.42 Å². The number of aliphatic hydroxyl groups excluding tert-OH is 3. The number of hydrogen-bond acceptors (Lipinski definition) is 4. The average molecular weight is 778 g/mol. The highest BCUT2D eigenvalue weighted by atomic mass is 16.3. The van der Waals surface area contributed by atoms with Gasteiger partial charge in [0.25, 0.3) is 0 Å². The Balaban J connectivity index is 3.44. The summed E-state index contributed by atoms with van der Waals surface area (Å²) in [5.41, 5.74) is 0. The van der Waals surface area contributed by atoms with Crippen molar-refractivity contribution >= 4 is 5.91 Å². The SMILES string of the molecule is CCCCCCC/C=C/CCCC(O)C(O)C(CO)NC(=O)CCCCCCCCCCCCCCCCCCCCCCCCCCCCCCCCC. The van der Waals surface area contributed by atoms with Crippen LogP contribution in [0.15, 0.2) is 12.2 Å². The smallest absolute Gasteiger partial charge is 0.220 e. The largest absolute Gasteiger partial charge is 0.394 e. The third-order valence-corrected chi connectivity index (χ3v) is 11.9. The molecule has 0 spiro atoms. The molecule has 0 saturated heterocycles. The Kier molecular flexibility index (Phi) is 45.0. The van der Waals surface area contributed by atoms with Gasteiger partial charge in [0.15, 0.2) is 0 Å². The highest BCUT2D eigenvalue weighted by molar-refractivity contribution is 5.76. The monoisotopic (exact) mass is 778 g/mol. The normalized spacial score (nSPS) is 13.5. The Morgan fingerprint density at radius 3 is 1.05 bits per heavy atom. The van der Waals surface area contributed by atoms with Crippen LogP contribution in [0.5, 0.6) is 0 Å². The van der Waals surface area contributed by atoms with Gasteiger partial charge < -0.3 is 20.6 Å². The Hall–Kier alpha value is -0.910. The van der Waals surface area contributed by atoms with E-state index in [4.69, 9.17) is 0 Å². The van der Waals surface area contributed by atoms with E-state index >= 15 is 0 Å². The Morgan fingerprint density at radius 1 is 0.436 bits per heavy atom. The standard InChI is InChI=1S/C50H99NO4/c1-3-5-7-9-11-13-15-16-17-18-19-20-21-22-23-24-25-26-27-28-29-30-31-32-33-34-35-37-39-41-43-45-49(54)51-47(46-52)50(55)48(53)44-42-40-38-36-14-12-10-8-6-4-2/h36,38,47-48,50,52-53,55H,3-35,37,39-46H2,1-2H3,(H,51,54)/b38-36+. The molecule has 0 heterocycles. The van der Waals surface area contributed by atoms with Gasteiger partial charge in [-0.25, -0.2) is 0 Å². The summed E-state index contributed by atoms with van der Waals surface area (Å²) in [7, 11) is 0. The van der Waals surface area contributed by atoms with E-state index in [-0.39, 0.29) is 12.5 Å². The Labute approximate surface area is 344 Å². The lowest BCUT2D eigenvalue weighted by molar-refractivity contribution is -0.124. The zero-order valence-corrected chi connectivity index (χ0v) is 37.3. The first-order chi connectivity index (χ1) is 27.1. The van der Waals surface area contributed by atoms with E-state index < -0.39 is 18.2 Å². The number of unbranched alkanes of at least 4 members (excludes halogenated alkanes) is 36. The summed E-state index contributed by atoms with van der Waals surface area (Å²) in [5.74, 6) is -0.150. The molecule has 0 aromatic rings. The van der Waals surface area contributed by atoms with E-state index in [1.165, 1.54) is 212 Å². The molecule has 0 aliphatic carbocycles. The van der Waals surface area contributed by atoms with E-state index in [1.807, 2.05) is 0 Å². The fraction of sp³-hybridized carbons (Fsp3) is 0.940. The summed E-state index contributed by atoms with van der Waals surface area (Å²) >= 11 is 0. The van der Waals surface area contributed by atoms with Gasteiger partial charge in [0.1, 0.15) is 6.10 Å². The molecule has 0 fully saturated rings. The summed E-state index contributed by atoms with van der Waals surface area (Å²) in [4.78, 5) is 12.4. The maximum atomic E-state index is 12.4. The highest BCUT2D eigenvalue weighted by Crippen LogP contribution is 2.17.